The molecule has 1 N–H and O–H groups in total. The number of hydrogen-bond donors (Lipinski definition) is 1. The van der Waals surface area contributed by atoms with Crippen molar-refractivity contribution in [3.05, 3.63) is 35.4 Å². The lowest BCUT2D eigenvalue weighted by Gasteiger charge is -2.27. The topological polar surface area (TPSA) is 45.0 Å². The largest absolute Gasteiger partial charge is 0.381 e. The first kappa shape index (κ1) is 12.1. The van der Waals surface area contributed by atoms with Crippen molar-refractivity contribution in [2.75, 3.05) is 13.2 Å². The molecule has 1 heterocycles. The molecule has 1 aliphatic rings. The van der Waals surface area contributed by atoms with E-state index in [1.807, 2.05) is 24.3 Å². The first-order chi connectivity index (χ1) is 8.29. The van der Waals surface area contributed by atoms with E-state index in [1.165, 1.54) is 5.56 Å². The van der Waals surface area contributed by atoms with Gasteiger partial charge in [-0.1, -0.05) is 12.1 Å². The molecule has 90 valence electrons. The van der Waals surface area contributed by atoms with E-state index < -0.39 is 0 Å². The molecule has 1 atom stereocenters. The van der Waals surface area contributed by atoms with Crippen molar-refractivity contribution < 1.29 is 4.74 Å². The van der Waals surface area contributed by atoms with Crippen LogP contribution in [-0.4, -0.2) is 19.3 Å². The van der Waals surface area contributed by atoms with Gasteiger partial charge in [0.1, 0.15) is 0 Å². The van der Waals surface area contributed by atoms with Gasteiger partial charge in [-0.25, -0.2) is 0 Å². The van der Waals surface area contributed by atoms with Crippen LogP contribution >= 0.6 is 0 Å². The fraction of sp³-hybridized carbons (Fsp3) is 0.500. The van der Waals surface area contributed by atoms with Gasteiger partial charge in [0.05, 0.1) is 11.6 Å². The molecule has 3 heteroatoms. The molecular weight excluding hydrogens is 212 g/mol. The highest BCUT2D eigenvalue weighted by Gasteiger charge is 2.16. The number of nitrogens with one attached hydrogen (secondary N) is 1. The summed E-state index contributed by atoms with van der Waals surface area (Å²) in [7, 11) is 0. The summed E-state index contributed by atoms with van der Waals surface area (Å²) in [4.78, 5) is 0. The van der Waals surface area contributed by atoms with Crippen LogP contribution in [0, 0.1) is 11.3 Å². The van der Waals surface area contributed by atoms with Crippen molar-refractivity contribution >= 4 is 0 Å². The van der Waals surface area contributed by atoms with E-state index in [-0.39, 0.29) is 0 Å². The van der Waals surface area contributed by atoms with Crippen LogP contribution in [0.25, 0.3) is 0 Å². The van der Waals surface area contributed by atoms with Crippen molar-refractivity contribution in [1.82, 2.24) is 5.32 Å². The lowest BCUT2D eigenvalue weighted by atomic mass is 10.0. The number of hydrogen-bond acceptors (Lipinski definition) is 3. The van der Waals surface area contributed by atoms with Gasteiger partial charge in [-0.15, -0.1) is 0 Å². The molecule has 1 aliphatic heterocycles. The fourth-order valence-electron chi connectivity index (χ4n) is 2.16. The average molecular weight is 230 g/mol. The summed E-state index contributed by atoms with van der Waals surface area (Å²) in [6, 6.07) is 10.8. The SMILES string of the molecule is CC(NC1CCOCC1)c1ccc(C#N)cc1. The van der Waals surface area contributed by atoms with Gasteiger partial charge in [-0.05, 0) is 37.5 Å². The van der Waals surface area contributed by atoms with E-state index in [1.54, 1.807) is 0 Å². The number of benzene rings is 1. The Morgan fingerprint density at radius 1 is 1.29 bits per heavy atom. The molecule has 0 aromatic heterocycles. The molecule has 0 saturated carbocycles. The van der Waals surface area contributed by atoms with E-state index in [0.29, 0.717) is 17.6 Å². The van der Waals surface area contributed by atoms with Gasteiger partial charge in [0.25, 0.3) is 0 Å². The van der Waals surface area contributed by atoms with Crippen LogP contribution < -0.4 is 5.32 Å². The van der Waals surface area contributed by atoms with E-state index in [4.69, 9.17) is 10.00 Å². The first-order valence-electron chi connectivity index (χ1n) is 6.13. The minimum atomic E-state index is 0.325. The van der Waals surface area contributed by atoms with Crippen LogP contribution in [-0.2, 0) is 4.74 Å². The van der Waals surface area contributed by atoms with Crippen LogP contribution in [0.1, 0.15) is 36.9 Å². The third-order valence-corrected chi connectivity index (χ3v) is 3.25. The van der Waals surface area contributed by atoms with E-state index in [2.05, 4.69) is 18.3 Å². The second-order valence-corrected chi connectivity index (χ2v) is 4.51. The summed E-state index contributed by atoms with van der Waals surface area (Å²) in [6.45, 7) is 3.88. The van der Waals surface area contributed by atoms with Crippen LogP contribution in [0.4, 0.5) is 0 Å². The van der Waals surface area contributed by atoms with Gasteiger partial charge >= 0.3 is 0 Å². The minimum Gasteiger partial charge on any atom is -0.381 e. The Bertz CT molecular complexity index is 388. The van der Waals surface area contributed by atoms with Gasteiger partial charge in [0, 0.05) is 25.3 Å². The molecule has 0 bridgehead atoms. The average Bonchev–Trinajstić information content (AvgIpc) is 2.40. The van der Waals surface area contributed by atoms with Crippen LogP contribution in [0.15, 0.2) is 24.3 Å². The summed E-state index contributed by atoms with van der Waals surface area (Å²) < 4.78 is 5.34. The van der Waals surface area contributed by atoms with Gasteiger partial charge in [-0.3, -0.25) is 0 Å². The summed E-state index contributed by atoms with van der Waals surface area (Å²) in [5.74, 6) is 0. The molecule has 1 unspecified atom stereocenters. The summed E-state index contributed by atoms with van der Waals surface area (Å²) in [6.07, 6.45) is 2.17. The van der Waals surface area contributed by atoms with Crippen molar-refractivity contribution in [3.8, 4) is 6.07 Å². The molecule has 3 nitrogen and oxygen atoms in total. The quantitative estimate of drug-likeness (QED) is 0.867. The molecular formula is C14H18N2O. The first-order valence-corrected chi connectivity index (χ1v) is 6.13. The zero-order chi connectivity index (χ0) is 12.1. The maximum atomic E-state index is 8.75. The third-order valence-electron chi connectivity index (χ3n) is 3.25. The van der Waals surface area contributed by atoms with E-state index >= 15 is 0 Å². The molecule has 1 saturated heterocycles. The van der Waals surface area contributed by atoms with Crippen molar-refractivity contribution in [2.24, 2.45) is 0 Å². The van der Waals surface area contributed by atoms with Gasteiger partial charge in [0.15, 0.2) is 0 Å². The molecule has 1 aromatic rings. The molecule has 0 radical (unpaired) electrons. The predicted octanol–water partition coefficient (Wildman–Crippen LogP) is 2.39. The van der Waals surface area contributed by atoms with Gasteiger partial charge in [-0.2, -0.15) is 5.26 Å². The molecule has 1 fully saturated rings. The Balaban J connectivity index is 1.94. The third kappa shape index (κ3) is 3.29. The highest BCUT2D eigenvalue weighted by Crippen LogP contribution is 2.16. The number of ether oxygens (including phenoxy) is 1. The second kappa shape index (κ2) is 5.81. The lowest BCUT2D eigenvalue weighted by molar-refractivity contribution is 0.0754. The van der Waals surface area contributed by atoms with Crippen LogP contribution in [0.5, 0.6) is 0 Å². The van der Waals surface area contributed by atoms with Crippen LogP contribution in [0.3, 0.4) is 0 Å². The van der Waals surface area contributed by atoms with Crippen molar-refractivity contribution in [3.63, 3.8) is 0 Å². The zero-order valence-electron chi connectivity index (χ0n) is 10.1. The summed E-state index contributed by atoms with van der Waals surface area (Å²) in [5.41, 5.74) is 1.95. The van der Waals surface area contributed by atoms with Gasteiger partial charge in [0.2, 0.25) is 0 Å². The Kier molecular flexibility index (Phi) is 4.13. The van der Waals surface area contributed by atoms with E-state index in [0.717, 1.165) is 26.1 Å². The number of nitriles is 1. The lowest BCUT2D eigenvalue weighted by Crippen LogP contribution is -2.36. The zero-order valence-corrected chi connectivity index (χ0v) is 10.1. The summed E-state index contributed by atoms with van der Waals surface area (Å²) in [5, 5.41) is 12.4. The molecule has 0 aliphatic carbocycles. The Morgan fingerprint density at radius 2 is 1.94 bits per heavy atom. The molecule has 17 heavy (non-hydrogen) atoms. The standard InChI is InChI=1S/C14H18N2O/c1-11(16-14-6-8-17-9-7-14)13-4-2-12(10-15)3-5-13/h2-5,11,14,16H,6-9H2,1H3. The van der Waals surface area contributed by atoms with Gasteiger partial charge < -0.3 is 10.1 Å². The monoisotopic (exact) mass is 230 g/mol. The fourth-order valence-corrected chi connectivity index (χ4v) is 2.16. The highest BCUT2D eigenvalue weighted by atomic mass is 16.5. The number of nitrogens with zero attached hydrogens (tertiary/aromatic N) is 1. The molecule has 1 aromatic carbocycles. The predicted molar refractivity (Wildman–Crippen MR) is 66.5 cm³/mol. The smallest absolute Gasteiger partial charge is 0.0991 e. The number of rotatable bonds is 3. The molecule has 0 spiro atoms. The van der Waals surface area contributed by atoms with Crippen molar-refractivity contribution in [1.29, 1.82) is 5.26 Å². The van der Waals surface area contributed by atoms with Crippen LogP contribution in [0.2, 0.25) is 0 Å². The normalized spacial score (nSPS) is 18.6. The second-order valence-electron chi connectivity index (χ2n) is 4.51. The van der Waals surface area contributed by atoms with E-state index in [9.17, 15) is 0 Å². The summed E-state index contributed by atoms with van der Waals surface area (Å²) >= 11 is 0. The Hall–Kier alpha value is -1.37. The maximum Gasteiger partial charge on any atom is 0.0991 e. The van der Waals surface area contributed by atoms with Crippen molar-refractivity contribution in [2.45, 2.75) is 31.8 Å². The Morgan fingerprint density at radius 3 is 2.53 bits per heavy atom. The molecule has 2 rings (SSSR count). The molecule has 0 amide bonds. The Labute approximate surface area is 102 Å². The maximum absolute atomic E-state index is 8.75. The minimum absolute atomic E-state index is 0.325. The highest BCUT2D eigenvalue weighted by molar-refractivity contribution is 5.32.